The molecule has 1 aromatic heterocycles. The second-order valence-electron chi connectivity index (χ2n) is 5.06. The van der Waals surface area contributed by atoms with Crippen molar-refractivity contribution in [3.63, 3.8) is 0 Å². The number of benzene rings is 1. The largest absolute Gasteiger partial charge is 0.390 e. The molecule has 0 unspecified atom stereocenters. The van der Waals surface area contributed by atoms with E-state index >= 15 is 0 Å². The Labute approximate surface area is 122 Å². The van der Waals surface area contributed by atoms with Crippen LogP contribution in [0, 0.1) is 0 Å². The first-order valence-corrected chi connectivity index (χ1v) is 6.80. The van der Waals surface area contributed by atoms with E-state index in [1.165, 1.54) is 15.9 Å². The number of aromatic nitrogens is 3. The van der Waals surface area contributed by atoms with E-state index in [-0.39, 0.29) is 17.6 Å². The summed E-state index contributed by atoms with van der Waals surface area (Å²) in [7, 11) is 1.67. The fraction of sp³-hybridized carbons (Fsp3) is 0.357. The van der Waals surface area contributed by atoms with Crippen molar-refractivity contribution in [3.05, 3.63) is 42.2 Å². The third-order valence-electron chi connectivity index (χ3n) is 3.67. The Balaban J connectivity index is 1.78. The second-order valence-corrected chi connectivity index (χ2v) is 5.06. The van der Waals surface area contributed by atoms with Crippen molar-refractivity contribution in [1.29, 1.82) is 0 Å². The average Bonchev–Trinajstić information content (AvgIpc) is 3.15. The van der Waals surface area contributed by atoms with Crippen LogP contribution in [0.5, 0.6) is 0 Å². The summed E-state index contributed by atoms with van der Waals surface area (Å²) in [6.07, 6.45) is 0.892. The van der Waals surface area contributed by atoms with Crippen LogP contribution in [-0.2, 0) is 0 Å². The number of hydrogen-bond acceptors (Lipinski definition) is 5. The predicted molar refractivity (Wildman–Crippen MR) is 76.1 cm³/mol. The van der Waals surface area contributed by atoms with Gasteiger partial charge in [0.1, 0.15) is 0 Å². The van der Waals surface area contributed by atoms with Gasteiger partial charge in [-0.3, -0.25) is 4.79 Å². The van der Waals surface area contributed by atoms with E-state index in [1.807, 2.05) is 30.3 Å². The van der Waals surface area contributed by atoms with E-state index in [0.29, 0.717) is 13.1 Å². The fourth-order valence-corrected chi connectivity index (χ4v) is 2.42. The van der Waals surface area contributed by atoms with E-state index in [1.54, 1.807) is 7.05 Å². The molecule has 1 aliphatic heterocycles. The number of nitrogens with one attached hydrogen (secondary N) is 1. The minimum atomic E-state index is -0.553. The van der Waals surface area contributed by atoms with Crippen LogP contribution in [0.2, 0.25) is 0 Å². The van der Waals surface area contributed by atoms with E-state index < -0.39 is 6.10 Å². The summed E-state index contributed by atoms with van der Waals surface area (Å²) >= 11 is 0. The molecule has 3 rings (SSSR count). The molecule has 110 valence electrons. The summed E-state index contributed by atoms with van der Waals surface area (Å²) in [5.74, 6) is -0.245. The molecule has 1 aliphatic rings. The molecule has 7 heteroatoms. The number of nitrogens with zero attached hydrogens (tertiary/aromatic N) is 4. The molecule has 2 heterocycles. The van der Waals surface area contributed by atoms with E-state index in [2.05, 4.69) is 15.5 Å². The van der Waals surface area contributed by atoms with E-state index in [4.69, 9.17) is 0 Å². The lowest BCUT2D eigenvalue weighted by Gasteiger charge is -2.25. The molecule has 0 bridgehead atoms. The SMILES string of the molecule is CN(C(=O)c1cnn(-c2ccccc2)n1)[C@@H]1CNC[C@H]1O. The van der Waals surface area contributed by atoms with Crippen molar-refractivity contribution < 1.29 is 9.90 Å². The summed E-state index contributed by atoms with van der Waals surface area (Å²) in [6.45, 7) is 1.08. The van der Waals surface area contributed by atoms with Crippen molar-refractivity contribution in [3.8, 4) is 5.69 Å². The highest BCUT2D eigenvalue weighted by Crippen LogP contribution is 2.11. The van der Waals surface area contributed by atoms with Crippen LogP contribution in [0.3, 0.4) is 0 Å². The summed E-state index contributed by atoms with van der Waals surface area (Å²) < 4.78 is 0. The monoisotopic (exact) mass is 287 g/mol. The molecular weight excluding hydrogens is 270 g/mol. The molecule has 7 nitrogen and oxygen atoms in total. The summed E-state index contributed by atoms with van der Waals surface area (Å²) in [6, 6.07) is 9.16. The van der Waals surface area contributed by atoms with E-state index in [9.17, 15) is 9.90 Å². The second kappa shape index (κ2) is 5.63. The van der Waals surface area contributed by atoms with Gasteiger partial charge in [-0.05, 0) is 12.1 Å². The molecule has 0 spiro atoms. The van der Waals surface area contributed by atoms with Crippen LogP contribution in [-0.4, -0.2) is 63.2 Å². The van der Waals surface area contributed by atoms with E-state index in [0.717, 1.165) is 5.69 Å². The topological polar surface area (TPSA) is 83.3 Å². The first kappa shape index (κ1) is 13.7. The smallest absolute Gasteiger partial charge is 0.276 e. The van der Waals surface area contributed by atoms with Crippen molar-refractivity contribution in [2.45, 2.75) is 12.1 Å². The van der Waals surface area contributed by atoms with Gasteiger partial charge in [-0.1, -0.05) is 18.2 Å². The number of rotatable bonds is 3. The van der Waals surface area contributed by atoms with Crippen LogP contribution >= 0.6 is 0 Å². The number of carbonyl (C=O) groups excluding carboxylic acids is 1. The number of para-hydroxylation sites is 1. The third-order valence-corrected chi connectivity index (χ3v) is 3.67. The van der Waals surface area contributed by atoms with Gasteiger partial charge in [0.15, 0.2) is 5.69 Å². The van der Waals surface area contributed by atoms with Gasteiger partial charge in [0, 0.05) is 20.1 Å². The Kier molecular flexibility index (Phi) is 3.68. The molecule has 2 N–H and O–H groups in total. The zero-order valence-electron chi connectivity index (χ0n) is 11.7. The molecule has 0 radical (unpaired) electrons. The highest BCUT2D eigenvalue weighted by atomic mass is 16.3. The normalized spacial score (nSPS) is 21.4. The highest BCUT2D eigenvalue weighted by Gasteiger charge is 2.32. The fourth-order valence-electron chi connectivity index (χ4n) is 2.42. The maximum absolute atomic E-state index is 12.4. The molecule has 1 saturated heterocycles. The van der Waals surface area contributed by atoms with Crippen LogP contribution in [0.1, 0.15) is 10.5 Å². The summed E-state index contributed by atoms with van der Waals surface area (Å²) in [5.41, 5.74) is 1.06. The van der Waals surface area contributed by atoms with Gasteiger partial charge in [0.05, 0.1) is 24.0 Å². The lowest BCUT2D eigenvalue weighted by Crippen LogP contribution is -2.44. The molecule has 1 fully saturated rings. The number of likely N-dealkylation sites (N-methyl/N-ethyl adjacent to an activating group) is 1. The molecule has 1 aromatic carbocycles. The van der Waals surface area contributed by atoms with Crippen molar-refractivity contribution in [2.24, 2.45) is 0 Å². The summed E-state index contributed by atoms with van der Waals surface area (Å²) in [4.78, 5) is 15.3. The van der Waals surface area contributed by atoms with Gasteiger partial charge < -0.3 is 15.3 Å². The Morgan fingerprint density at radius 3 is 2.81 bits per heavy atom. The number of amides is 1. The Morgan fingerprint density at radius 2 is 2.14 bits per heavy atom. The number of hydrogen-bond donors (Lipinski definition) is 2. The van der Waals surface area contributed by atoms with Gasteiger partial charge in [-0.25, -0.2) is 0 Å². The lowest BCUT2D eigenvalue weighted by molar-refractivity contribution is 0.0575. The summed E-state index contributed by atoms with van der Waals surface area (Å²) in [5, 5.41) is 21.2. The molecule has 21 heavy (non-hydrogen) atoms. The first-order valence-electron chi connectivity index (χ1n) is 6.80. The molecule has 1 amide bonds. The highest BCUT2D eigenvalue weighted by molar-refractivity contribution is 5.92. The van der Waals surface area contributed by atoms with Gasteiger partial charge >= 0.3 is 0 Å². The average molecular weight is 287 g/mol. The van der Waals surface area contributed by atoms with Crippen molar-refractivity contribution in [2.75, 3.05) is 20.1 Å². The molecule has 0 aliphatic carbocycles. The van der Waals surface area contributed by atoms with Crippen LogP contribution < -0.4 is 5.32 Å². The minimum Gasteiger partial charge on any atom is -0.390 e. The molecule has 2 atom stereocenters. The number of aliphatic hydroxyl groups is 1. The molecule has 2 aromatic rings. The van der Waals surface area contributed by atoms with Crippen LogP contribution in [0.15, 0.2) is 36.5 Å². The number of β-amino-alcohol motifs (C(OH)–C–C–N with tert-alkyl or cyclic N) is 1. The third kappa shape index (κ3) is 2.65. The van der Waals surface area contributed by atoms with Crippen molar-refractivity contribution in [1.82, 2.24) is 25.2 Å². The van der Waals surface area contributed by atoms with Crippen molar-refractivity contribution >= 4 is 5.91 Å². The minimum absolute atomic E-state index is 0.237. The zero-order valence-corrected chi connectivity index (χ0v) is 11.7. The number of carbonyl (C=O) groups is 1. The predicted octanol–water partition coefficient (Wildman–Crippen LogP) is -0.328. The van der Waals surface area contributed by atoms with Gasteiger partial charge in [-0.2, -0.15) is 9.90 Å². The Bertz CT molecular complexity index is 627. The van der Waals surface area contributed by atoms with Crippen LogP contribution in [0.4, 0.5) is 0 Å². The zero-order chi connectivity index (χ0) is 14.8. The maximum atomic E-state index is 12.4. The molecule has 0 saturated carbocycles. The Hall–Kier alpha value is -2.25. The first-order chi connectivity index (χ1) is 10.2. The number of aliphatic hydroxyl groups excluding tert-OH is 1. The van der Waals surface area contributed by atoms with Gasteiger partial charge in [-0.15, -0.1) is 5.10 Å². The maximum Gasteiger partial charge on any atom is 0.276 e. The van der Waals surface area contributed by atoms with Gasteiger partial charge in [0.25, 0.3) is 5.91 Å². The quantitative estimate of drug-likeness (QED) is 0.808. The van der Waals surface area contributed by atoms with Crippen LogP contribution in [0.25, 0.3) is 5.69 Å². The standard InChI is InChI=1S/C14H17N5O2/c1-18(12-8-15-9-13(12)20)14(21)11-7-16-19(17-11)10-5-3-2-4-6-10/h2-7,12-13,15,20H,8-9H2,1H3/t12-,13-/m1/s1. The lowest BCUT2D eigenvalue weighted by atomic mass is 10.2. The molecular formula is C14H17N5O2. The van der Waals surface area contributed by atoms with Gasteiger partial charge in [0.2, 0.25) is 0 Å². The Morgan fingerprint density at radius 1 is 1.38 bits per heavy atom.